The number of nitrogens with zero attached hydrogens (tertiary/aromatic N) is 2. The molecule has 0 saturated heterocycles. The number of guanidine groups is 1. The van der Waals surface area contributed by atoms with Crippen LogP contribution in [0.5, 0.6) is 0 Å². The summed E-state index contributed by atoms with van der Waals surface area (Å²) in [5.74, 6) is -0.919. The second-order valence-corrected chi connectivity index (χ2v) is 3.97. The van der Waals surface area contributed by atoms with Crippen LogP contribution in [0.25, 0.3) is 0 Å². The van der Waals surface area contributed by atoms with Crippen molar-refractivity contribution < 1.29 is 4.79 Å². The third-order valence-corrected chi connectivity index (χ3v) is 2.36. The summed E-state index contributed by atoms with van der Waals surface area (Å²) >= 11 is 11.6. The Morgan fingerprint density at radius 2 is 2.18 bits per heavy atom. The van der Waals surface area contributed by atoms with Crippen molar-refractivity contribution in [1.29, 1.82) is 5.41 Å². The third-order valence-electron chi connectivity index (χ3n) is 1.80. The van der Waals surface area contributed by atoms with Crippen LogP contribution in [0.1, 0.15) is 12.5 Å². The lowest BCUT2D eigenvalue weighted by atomic mass is 10.2. The molecule has 1 aromatic carbocycles. The van der Waals surface area contributed by atoms with Gasteiger partial charge in [0.1, 0.15) is 0 Å². The van der Waals surface area contributed by atoms with E-state index in [0.717, 1.165) is 5.01 Å². The maximum Gasteiger partial charge on any atom is 0.246 e. The van der Waals surface area contributed by atoms with Gasteiger partial charge in [0.15, 0.2) is 0 Å². The minimum Gasteiger partial charge on any atom is -0.368 e. The van der Waals surface area contributed by atoms with Crippen LogP contribution < -0.4 is 5.73 Å². The maximum absolute atomic E-state index is 11.1. The second kappa shape index (κ2) is 5.65. The van der Waals surface area contributed by atoms with Gasteiger partial charge in [0.2, 0.25) is 11.9 Å². The van der Waals surface area contributed by atoms with Gasteiger partial charge < -0.3 is 5.73 Å². The third kappa shape index (κ3) is 3.72. The summed E-state index contributed by atoms with van der Waals surface area (Å²) < 4.78 is 0. The first kappa shape index (κ1) is 13.5. The molecule has 3 N–H and O–H groups in total. The van der Waals surface area contributed by atoms with Crippen molar-refractivity contribution in [3.05, 3.63) is 33.8 Å². The van der Waals surface area contributed by atoms with E-state index in [0.29, 0.717) is 15.6 Å². The normalized spacial score (nSPS) is 10.5. The van der Waals surface area contributed by atoms with Crippen molar-refractivity contribution in [3.8, 4) is 0 Å². The molecule has 1 aromatic rings. The summed E-state index contributed by atoms with van der Waals surface area (Å²) in [4.78, 5) is 11.1. The van der Waals surface area contributed by atoms with Gasteiger partial charge >= 0.3 is 0 Å². The standard InChI is InChI=1S/C10H10Cl2N4O/c1-6(17)16(10(13)14)15-5-7-2-3-8(11)4-9(7)12/h2-5H,1H3,(H3,13,14)/b15-5+. The molecule has 0 radical (unpaired) electrons. The molecule has 0 unspecified atom stereocenters. The summed E-state index contributed by atoms with van der Waals surface area (Å²) in [5, 5.41) is 12.6. The van der Waals surface area contributed by atoms with Gasteiger partial charge in [-0.25, -0.2) is 0 Å². The summed E-state index contributed by atoms with van der Waals surface area (Å²) in [6.45, 7) is 1.25. The largest absolute Gasteiger partial charge is 0.368 e. The molecule has 7 heteroatoms. The second-order valence-electron chi connectivity index (χ2n) is 3.13. The average molecular weight is 273 g/mol. The van der Waals surface area contributed by atoms with Crippen LogP contribution in [0.4, 0.5) is 0 Å². The van der Waals surface area contributed by atoms with Crippen LogP contribution in [0.3, 0.4) is 0 Å². The number of benzene rings is 1. The Hall–Kier alpha value is -1.59. The van der Waals surface area contributed by atoms with Crippen LogP contribution in [0.2, 0.25) is 10.0 Å². The van der Waals surface area contributed by atoms with Crippen molar-refractivity contribution in [2.24, 2.45) is 10.8 Å². The minimum absolute atomic E-state index is 0.397. The Labute approximate surface area is 108 Å². The van der Waals surface area contributed by atoms with E-state index in [9.17, 15) is 4.79 Å². The Balaban J connectivity index is 2.96. The molecule has 0 fully saturated rings. The highest BCUT2D eigenvalue weighted by atomic mass is 35.5. The van der Waals surface area contributed by atoms with Gasteiger partial charge in [-0.15, -0.1) is 0 Å². The van der Waals surface area contributed by atoms with Gasteiger partial charge in [0.25, 0.3) is 0 Å². The molecule has 0 aliphatic heterocycles. The molecule has 17 heavy (non-hydrogen) atoms. The number of carbonyl (C=O) groups is 1. The van der Waals surface area contributed by atoms with E-state index >= 15 is 0 Å². The van der Waals surface area contributed by atoms with E-state index in [4.69, 9.17) is 34.3 Å². The molecular weight excluding hydrogens is 263 g/mol. The summed E-state index contributed by atoms with van der Waals surface area (Å²) in [6, 6.07) is 4.84. The van der Waals surface area contributed by atoms with Crippen molar-refractivity contribution in [1.82, 2.24) is 5.01 Å². The summed E-state index contributed by atoms with van der Waals surface area (Å²) in [5.41, 5.74) is 5.76. The molecule has 90 valence electrons. The van der Waals surface area contributed by atoms with Crippen molar-refractivity contribution in [2.45, 2.75) is 6.92 Å². The van der Waals surface area contributed by atoms with Gasteiger partial charge in [-0.1, -0.05) is 29.3 Å². The number of nitrogens with one attached hydrogen (secondary N) is 1. The predicted octanol–water partition coefficient (Wildman–Crippen LogP) is 2.07. The highest BCUT2D eigenvalue weighted by molar-refractivity contribution is 6.36. The molecule has 0 heterocycles. The lowest BCUT2D eigenvalue weighted by Gasteiger charge is -2.11. The fourth-order valence-corrected chi connectivity index (χ4v) is 1.50. The van der Waals surface area contributed by atoms with E-state index in [1.165, 1.54) is 13.1 Å². The van der Waals surface area contributed by atoms with E-state index in [-0.39, 0.29) is 0 Å². The molecule has 1 amide bonds. The lowest BCUT2D eigenvalue weighted by Crippen LogP contribution is -2.35. The first-order valence-corrected chi connectivity index (χ1v) is 5.31. The number of hydrogen-bond donors (Lipinski definition) is 2. The first-order chi connectivity index (χ1) is 7.91. The Kier molecular flexibility index (Phi) is 4.48. The number of nitrogens with two attached hydrogens (primary N) is 1. The van der Waals surface area contributed by atoms with Gasteiger partial charge in [-0.3, -0.25) is 10.2 Å². The van der Waals surface area contributed by atoms with Gasteiger partial charge in [0.05, 0.1) is 11.2 Å². The van der Waals surface area contributed by atoms with Crippen LogP contribution in [0.15, 0.2) is 23.3 Å². The topological polar surface area (TPSA) is 82.5 Å². The predicted molar refractivity (Wildman–Crippen MR) is 68.5 cm³/mol. The average Bonchev–Trinajstić information content (AvgIpc) is 2.20. The Bertz CT molecular complexity index is 473. The molecule has 0 bridgehead atoms. The van der Waals surface area contributed by atoms with Crippen molar-refractivity contribution in [3.63, 3.8) is 0 Å². The molecule has 0 atom stereocenters. The van der Waals surface area contributed by atoms with Crippen LogP contribution >= 0.6 is 23.2 Å². The van der Waals surface area contributed by atoms with Gasteiger partial charge in [0, 0.05) is 17.5 Å². The number of halogens is 2. The van der Waals surface area contributed by atoms with Crippen LogP contribution in [-0.4, -0.2) is 23.1 Å². The zero-order valence-corrected chi connectivity index (χ0v) is 10.5. The molecule has 0 aliphatic rings. The smallest absolute Gasteiger partial charge is 0.246 e. The molecule has 0 saturated carbocycles. The van der Waals surface area contributed by atoms with Crippen LogP contribution in [0, 0.1) is 5.41 Å². The van der Waals surface area contributed by atoms with E-state index < -0.39 is 11.9 Å². The molecular formula is C10H10Cl2N4O. The molecule has 0 aromatic heterocycles. The minimum atomic E-state index is -0.459. The highest BCUT2D eigenvalue weighted by Gasteiger charge is 2.09. The van der Waals surface area contributed by atoms with E-state index in [2.05, 4.69) is 5.10 Å². The first-order valence-electron chi connectivity index (χ1n) is 4.55. The van der Waals surface area contributed by atoms with Crippen LogP contribution in [-0.2, 0) is 4.79 Å². The number of hydrazone groups is 1. The van der Waals surface area contributed by atoms with Gasteiger partial charge in [-0.2, -0.15) is 10.1 Å². The molecule has 0 spiro atoms. The monoisotopic (exact) mass is 272 g/mol. The zero-order chi connectivity index (χ0) is 13.0. The van der Waals surface area contributed by atoms with Crippen molar-refractivity contribution in [2.75, 3.05) is 0 Å². The SMILES string of the molecule is CC(=O)N(/N=C/c1ccc(Cl)cc1Cl)C(=N)N. The van der Waals surface area contributed by atoms with E-state index in [1.807, 2.05) is 0 Å². The van der Waals surface area contributed by atoms with Crippen molar-refractivity contribution >= 4 is 41.3 Å². The van der Waals surface area contributed by atoms with E-state index in [1.54, 1.807) is 18.2 Å². The fourth-order valence-electron chi connectivity index (χ4n) is 1.04. The maximum atomic E-state index is 11.1. The molecule has 5 nitrogen and oxygen atoms in total. The number of hydrogen-bond acceptors (Lipinski definition) is 3. The summed E-state index contributed by atoms with van der Waals surface area (Å²) in [6.07, 6.45) is 1.33. The number of carbonyl (C=O) groups excluding carboxylic acids is 1. The number of rotatable bonds is 2. The quantitative estimate of drug-likeness (QED) is 0.491. The summed E-state index contributed by atoms with van der Waals surface area (Å²) in [7, 11) is 0. The Morgan fingerprint density at radius 1 is 1.53 bits per heavy atom. The Morgan fingerprint density at radius 3 is 2.65 bits per heavy atom. The fraction of sp³-hybridized carbons (Fsp3) is 0.100. The molecule has 0 aliphatic carbocycles. The van der Waals surface area contributed by atoms with Gasteiger partial charge in [-0.05, 0) is 12.1 Å². The zero-order valence-electron chi connectivity index (χ0n) is 8.95. The molecule has 1 rings (SSSR count). The highest BCUT2D eigenvalue weighted by Crippen LogP contribution is 2.19. The lowest BCUT2D eigenvalue weighted by molar-refractivity contribution is -0.125. The number of amides is 1.